The van der Waals surface area contributed by atoms with Crippen molar-refractivity contribution < 1.29 is 13.9 Å². The fourth-order valence-corrected chi connectivity index (χ4v) is 2.35. The zero-order valence-corrected chi connectivity index (χ0v) is 12.9. The van der Waals surface area contributed by atoms with Crippen LogP contribution in [-0.2, 0) is 11.3 Å². The summed E-state index contributed by atoms with van der Waals surface area (Å²) in [6, 6.07) is 2.92. The molecule has 0 saturated carbocycles. The van der Waals surface area contributed by atoms with Crippen molar-refractivity contribution in [3.05, 3.63) is 23.8 Å². The van der Waals surface area contributed by atoms with Gasteiger partial charge in [0.2, 0.25) is 5.91 Å². The molecule has 1 N–H and O–H groups in total. The summed E-state index contributed by atoms with van der Waals surface area (Å²) < 4.78 is 20.6. The fourth-order valence-electron chi connectivity index (χ4n) is 2.18. The van der Waals surface area contributed by atoms with Crippen LogP contribution < -0.4 is 10.1 Å². The van der Waals surface area contributed by atoms with E-state index >= 15 is 0 Å². The molecule has 0 aliphatic rings. The summed E-state index contributed by atoms with van der Waals surface area (Å²) in [5, 5.41) is 2.39. The quantitative estimate of drug-likeness (QED) is 0.863. The molecule has 0 spiro atoms. The molecule has 114 valence electrons. The average Bonchev–Trinajstić information content (AvgIpc) is 2.75. The number of carbonyl (C=O) groups excluding carboxylic acids is 1. The summed E-state index contributed by atoms with van der Waals surface area (Å²) >= 11 is 6.14. The van der Waals surface area contributed by atoms with Crippen LogP contribution >= 0.6 is 11.6 Å². The van der Waals surface area contributed by atoms with Gasteiger partial charge >= 0.3 is 0 Å². The maximum atomic E-state index is 13.8. The van der Waals surface area contributed by atoms with E-state index in [1.807, 2.05) is 4.57 Å². The molecular formula is C14H17ClFN3O2. The molecule has 0 fully saturated rings. The fraction of sp³-hybridized carbons (Fsp3) is 0.429. The number of halogens is 2. The molecule has 0 saturated heterocycles. The lowest BCUT2D eigenvalue weighted by Crippen LogP contribution is -2.25. The van der Waals surface area contributed by atoms with Crippen molar-refractivity contribution in [3.63, 3.8) is 0 Å². The molecule has 1 atom stereocenters. The molecule has 0 aliphatic carbocycles. The van der Waals surface area contributed by atoms with E-state index in [4.69, 9.17) is 16.3 Å². The molecule has 2 aromatic rings. The monoisotopic (exact) mass is 313 g/mol. The number of amides is 1. The van der Waals surface area contributed by atoms with Crippen LogP contribution in [0.15, 0.2) is 12.1 Å². The number of hydrogen-bond donors (Lipinski definition) is 1. The van der Waals surface area contributed by atoms with Crippen LogP contribution in [0, 0.1) is 5.82 Å². The van der Waals surface area contributed by atoms with Gasteiger partial charge in [-0.05, 0) is 6.92 Å². The highest BCUT2D eigenvalue weighted by atomic mass is 35.5. The number of methoxy groups -OCH3 is 1. The Morgan fingerprint density at radius 1 is 1.57 bits per heavy atom. The molecule has 1 amide bonds. The summed E-state index contributed by atoms with van der Waals surface area (Å²) in [5.41, 5.74) is 1.24. The lowest BCUT2D eigenvalue weighted by atomic mass is 10.3. The van der Waals surface area contributed by atoms with Gasteiger partial charge in [0.05, 0.1) is 23.5 Å². The minimum absolute atomic E-state index is 0.108. The number of aromatic nitrogens is 2. The van der Waals surface area contributed by atoms with E-state index < -0.39 is 5.82 Å². The number of ether oxygens (including phenoxy) is 1. The van der Waals surface area contributed by atoms with Crippen LogP contribution in [0.25, 0.3) is 11.0 Å². The van der Waals surface area contributed by atoms with Gasteiger partial charge in [0.25, 0.3) is 0 Å². The normalized spacial score (nSPS) is 12.4. The second-order valence-electron chi connectivity index (χ2n) is 4.70. The maximum Gasteiger partial charge on any atom is 0.216 e. The highest BCUT2D eigenvalue weighted by Crippen LogP contribution is 2.29. The van der Waals surface area contributed by atoms with Crippen molar-refractivity contribution in [2.24, 2.45) is 0 Å². The molecule has 0 bridgehead atoms. The summed E-state index contributed by atoms with van der Waals surface area (Å²) in [6.45, 7) is 4.19. The van der Waals surface area contributed by atoms with Gasteiger partial charge in [-0.15, -0.1) is 11.6 Å². The van der Waals surface area contributed by atoms with Crippen molar-refractivity contribution in [3.8, 4) is 5.75 Å². The molecule has 0 radical (unpaired) electrons. The van der Waals surface area contributed by atoms with Gasteiger partial charge in [0.15, 0.2) is 11.6 Å². The van der Waals surface area contributed by atoms with E-state index in [0.29, 0.717) is 24.4 Å². The number of benzene rings is 1. The average molecular weight is 314 g/mol. The van der Waals surface area contributed by atoms with Crippen LogP contribution in [0.3, 0.4) is 0 Å². The molecular weight excluding hydrogens is 297 g/mol. The Bertz CT molecular complexity index is 670. The van der Waals surface area contributed by atoms with Gasteiger partial charge < -0.3 is 14.6 Å². The van der Waals surface area contributed by atoms with Crippen LogP contribution in [0.4, 0.5) is 4.39 Å². The standard InChI is InChI=1S/C14H17ClFN3O2/c1-8(15)14-18-11-6-10(16)13(21-3)7-12(11)19(14)5-4-17-9(2)20/h6-8H,4-5H2,1-3H3,(H,17,20). The number of imidazole rings is 1. The van der Waals surface area contributed by atoms with Crippen molar-refractivity contribution in [2.75, 3.05) is 13.7 Å². The first kappa shape index (κ1) is 15.6. The number of fused-ring (bicyclic) bond motifs is 1. The highest BCUT2D eigenvalue weighted by molar-refractivity contribution is 6.20. The molecule has 5 nitrogen and oxygen atoms in total. The molecule has 7 heteroatoms. The zero-order valence-electron chi connectivity index (χ0n) is 12.1. The molecule has 21 heavy (non-hydrogen) atoms. The summed E-state index contributed by atoms with van der Waals surface area (Å²) in [4.78, 5) is 15.3. The number of hydrogen-bond acceptors (Lipinski definition) is 3. The minimum atomic E-state index is -0.467. The largest absolute Gasteiger partial charge is 0.494 e. The molecule has 0 aliphatic heterocycles. The Morgan fingerprint density at radius 2 is 2.29 bits per heavy atom. The molecule has 1 heterocycles. The Labute approximate surface area is 127 Å². The third-order valence-electron chi connectivity index (χ3n) is 3.12. The zero-order chi connectivity index (χ0) is 15.6. The SMILES string of the molecule is COc1cc2c(cc1F)nc(C(C)Cl)n2CCNC(C)=O. The molecule has 1 aromatic carbocycles. The third-order valence-corrected chi connectivity index (χ3v) is 3.31. The van der Waals surface area contributed by atoms with Gasteiger partial charge in [0.1, 0.15) is 5.82 Å². The number of carbonyl (C=O) groups is 1. The van der Waals surface area contributed by atoms with E-state index in [1.54, 1.807) is 13.0 Å². The van der Waals surface area contributed by atoms with E-state index in [9.17, 15) is 9.18 Å². The van der Waals surface area contributed by atoms with Crippen LogP contribution in [0.1, 0.15) is 25.0 Å². The smallest absolute Gasteiger partial charge is 0.216 e. The topological polar surface area (TPSA) is 56.1 Å². The van der Waals surface area contributed by atoms with Crippen molar-refractivity contribution in [1.29, 1.82) is 0 Å². The number of nitrogens with zero attached hydrogens (tertiary/aromatic N) is 2. The predicted molar refractivity (Wildman–Crippen MR) is 79.2 cm³/mol. The Balaban J connectivity index is 2.47. The summed E-state index contributed by atoms with van der Waals surface area (Å²) in [6.07, 6.45) is 0. The first-order chi connectivity index (χ1) is 9.93. The van der Waals surface area contributed by atoms with E-state index in [0.717, 1.165) is 5.52 Å². The number of rotatable bonds is 5. The van der Waals surface area contributed by atoms with Gasteiger partial charge in [0, 0.05) is 32.1 Å². The molecule has 2 rings (SSSR count). The maximum absolute atomic E-state index is 13.8. The first-order valence-electron chi connectivity index (χ1n) is 6.56. The van der Waals surface area contributed by atoms with Crippen LogP contribution in [0.5, 0.6) is 5.75 Å². The summed E-state index contributed by atoms with van der Waals surface area (Å²) in [7, 11) is 1.41. The first-order valence-corrected chi connectivity index (χ1v) is 7.00. The molecule has 1 aromatic heterocycles. The van der Waals surface area contributed by atoms with E-state index in [-0.39, 0.29) is 17.0 Å². The van der Waals surface area contributed by atoms with E-state index in [1.165, 1.54) is 20.1 Å². The van der Waals surface area contributed by atoms with Gasteiger partial charge in [-0.2, -0.15) is 0 Å². The predicted octanol–water partition coefficient (Wildman–Crippen LogP) is 2.62. The van der Waals surface area contributed by atoms with Crippen LogP contribution in [0.2, 0.25) is 0 Å². The second kappa shape index (κ2) is 6.30. The second-order valence-corrected chi connectivity index (χ2v) is 5.35. The highest BCUT2D eigenvalue weighted by Gasteiger charge is 2.17. The Kier molecular flexibility index (Phi) is 4.67. The summed E-state index contributed by atoms with van der Waals surface area (Å²) in [5.74, 6) is 0.204. The lowest BCUT2D eigenvalue weighted by molar-refractivity contribution is -0.118. The van der Waals surface area contributed by atoms with Crippen LogP contribution in [-0.4, -0.2) is 29.1 Å². The molecule has 1 unspecified atom stereocenters. The van der Waals surface area contributed by atoms with Crippen molar-refractivity contribution >= 4 is 28.5 Å². The lowest BCUT2D eigenvalue weighted by Gasteiger charge is -2.11. The van der Waals surface area contributed by atoms with E-state index in [2.05, 4.69) is 10.3 Å². The van der Waals surface area contributed by atoms with Crippen molar-refractivity contribution in [2.45, 2.75) is 25.8 Å². The Morgan fingerprint density at radius 3 is 2.86 bits per heavy atom. The van der Waals surface area contributed by atoms with Crippen molar-refractivity contribution in [1.82, 2.24) is 14.9 Å². The number of nitrogens with one attached hydrogen (secondary N) is 1. The third kappa shape index (κ3) is 3.26. The number of alkyl halides is 1. The van der Waals surface area contributed by atoms with Gasteiger partial charge in [-0.25, -0.2) is 9.37 Å². The Hall–Kier alpha value is -1.82. The van der Waals surface area contributed by atoms with Gasteiger partial charge in [-0.3, -0.25) is 4.79 Å². The minimum Gasteiger partial charge on any atom is -0.494 e. The van der Waals surface area contributed by atoms with Gasteiger partial charge in [-0.1, -0.05) is 0 Å².